The van der Waals surface area contributed by atoms with E-state index in [2.05, 4.69) is 5.32 Å². The molecule has 2 rings (SSSR count). The smallest absolute Gasteiger partial charge is 0.257 e. The summed E-state index contributed by atoms with van der Waals surface area (Å²) < 4.78 is 11.8. The molecule has 184 valence electrons. The summed E-state index contributed by atoms with van der Waals surface area (Å²) in [6.07, 6.45) is 0.0796. The van der Waals surface area contributed by atoms with E-state index >= 15 is 0 Å². The van der Waals surface area contributed by atoms with Gasteiger partial charge in [0.05, 0.1) is 24.3 Å². The average molecular weight is 463 g/mol. The Bertz CT molecular complexity index is 844. The van der Waals surface area contributed by atoms with E-state index in [1.807, 2.05) is 37.7 Å². The molecule has 1 N–H and O–H groups in total. The van der Waals surface area contributed by atoms with Crippen molar-refractivity contribution in [2.75, 3.05) is 59.8 Å². The summed E-state index contributed by atoms with van der Waals surface area (Å²) in [4.78, 5) is 43.4. The summed E-state index contributed by atoms with van der Waals surface area (Å²) in [6.45, 7) is 7.10. The molecule has 0 aliphatic carbocycles. The Balaban J connectivity index is 2.44. The molecule has 0 aromatic heterocycles. The zero-order valence-corrected chi connectivity index (χ0v) is 20.9. The number of carbonyl (C=O) groups excluding carboxylic acids is 3. The van der Waals surface area contributed by atoms with Crippen LogP contribution >= 0.6 is 0 Å². The summed E-state index contributed by atoms with van der Waals surface area (Å²) in [6, 6.07) is 4.83. The number of amides is 3. The number of ether oxygens (including phenoxy) is 2. The van der Waals surface area contributed by atoms with E-state index in [0.717, 1.165) is 0 Å². The van der Waals surface area contributed by atoms with E-state index in [0.29, 0.717) is 43.1 Å². The molecule has 33 heavy (non-hydrogen) atoms. The topological polar surface area (TPSA) is 91.4 Å². The number of nitrogens with one attached hydrogen (secondary N) is 1. The second-order valence-corrected chi connectivity index (χ2v) is 8.99. The Morgan fingerprint density at radius 3 is 2.55 bits per heavy atom. The standard InChI is InChI=1S/C24H38N4O5/c1-8-22(29)25-18-9-10-20-19(11-18)24(31)27(6)13-21(32-7)16(2)12-28(17(3)15-33-20)23(30)14-26(4)5/h9-11,16-17,21H,8,12-15H2,1-7H3,(H,25,29)/t16-,17-,21+/m0/s1. The number of rotatable bonds is 5. The predicted octanol–water partition coefficient (Wildman–Crippen LogP) is 1.93. The molecule has 0 saturated carbocycles. The SMILES string of the molecule is CCC(=O)Nc1ccc2c(c1)C(=O)N(C)C[C@@H](OC)[C@@H](C)CN(C(=O)CN(C)C)[C@@H](C)CO2. The van der Waals surface area contributed by atoms with Crippen molar-refractivity contribution in [2.45, 2.75) is 39.3 Å². The summed E-state index contributed by atoms with van der Waals surface area (Å²) >= 11 is 0. The maximum atomic E-state index is 13.3. The largest absolute Gasteiger partial charge is 0.491 e. The van der Waals surface area contributed by atoms with Gasteiger partial charge in [0.15, 0.2) is 0 Å². The molecule has 0 radical (unpaired) electrons. The van der Waals surface area contributed by atoms with Crippen molar-refractivity contribution in [1.29, 1.82) is 0 Å². The molecule has 9 nitrogen and oxygen atoms in total. The van der Waals surface area contributed by atoms with Crippen molar-refractivity contribution in [1.82, 2.24) is 14.7 Å². The molecule has 0 unspecified atom stereocenters. The van der Waals surface area contributed by atoms with Crippen LogP contribution in [0, 0.1) is 5.92 Å². The van der Waals surface area contributed by atoms with Gasteiger partial charge in [-0.15, -0.1) is 0 Å². The number of hydrogen-bond donors (Lipinski definition) is 1. The Morgan fingerprint density at radius 2 is 1.94 bits per heavy atom. The predicted molar refractivity (Wildman–Crippen MR) is 128 cm³/mol. The van der Waals surface area contributed by atoms with Gasteiger partial charge in [-0.2, -0.15) is 0 Å². The van der Waals surface area contributed by atoms with Gasteiger partial charge in [0, 0.05) is 45.3 Å². The van der Waals surface area contributed by atoms with Crippen LogP contribution in [0.4, 0.5) is 5.69 Å². The van der Waals surface area contributed by atoms with Crippen LogP contribution in [0.15, 0.2) is 18.2 Å². The summed E-state index contributed by atoms with van der Waals surface area (Å²) in [5.41, 5.74) is 0.887. The van der Waals surface area contributed by atoms with Crippen LogP contribution in [-0.2, 0) is 14.3 Å². The quantitative estimate of drug-likeness (QED) is 0.719. The van der Waals surface area contributed by atoms with Crippen LogP contribution in [0.3, 0.4) is 0 Å². The third-order valence-corrected chi connectivity index (χ3v) is 5.82. The van der Waals surface area contributed by atoms with Crippen molar-refractivity contribution in [3.63, 3.8) is 0 Å². The van der Waals surface area contributed by atoms with E-state index < -0.39 is 0 Å². The minimum atomic E-state index is -0.257. The Morgan fingerprint density at radius 1 is 1.24 bits per heavy atom. The zero-order chi connectivity index (χ0) is 24.7. The van der Waals surface area contributed by atoms with Crippen LogP contribution in [0.25, 0.3) is 0 Å². The molecule has 0 spiro atoms. The van der Waals surface area contributed by atoms with Gasteiger partial charge >= 0.3 is 0 Å². The maximum Gasteiger partial charge on any atom is 0.257 e. The number of fused-ring (bicyclic) bond motifs is 1. The molecule has 1 aliphatic rings. The first-order chi connectivity index (χ1) is 15.6. The Labute approximate surface area is 197 Å². The third-order valence-electron chi connectivity index (χ3n) is 5.82. The normalized spacial score (nSPS) is 22.2. The third kappa shape index (κ3) is 7.17. The van der Waals surface area contributed by atoms with Crippen molar-refractivity contribution in [3.8, 4) is 5.75 Å². The lowest BCUT2D eigenvalue weighted by atomic mass is 10.0. The molecule has 1 aromatic carbocycles. The van der Waals surface area contributed by atoms with Gasteiger partial charge in [-0.3, -0.25) is 14.4 Å². The second-order valence-electron chi connectivity index (χ2n) is 8.99. The maximum absolute atomic E-state index is 13.3. The number of methoxy groups -OCH3 is 1. The van der Waals surface area contributed by atoms with Gasteiger partial charge in [-0.25, -0.2) is 0 Å². The molecule has 0 saturated heterocycles. The summed E-state index contributed by atoms with van der Waals surface area (Å²) in [7, 11) is 7.06. The van der Waals surface area contributed by atoms with Gasteiger partial charge in [-0.1, -0.05) is 13.8 Å². The van der Waals surface area contributed by atoms with Crippen molar-refractivity contribution < 1.29 is 23.9 Å². The fraction of sp³-hybridized carbons (Fsp3) is 0.625. The molecule has 0 bridgehead atoms. The molecule has 9 heteroatoms. The van der Waals surface area contributed by atoms with Crippen molar-refractivity contribution in [3.05, 3.63) is 23.8 Å². The van der Waals surface area contributed by atoms with Gasteiger partial charge in [0.1, 0.15) is 12.4 Å². The average Bonchev–Trinajstić information content (AvgIpc) is 2.77. The van der Waals surface area contributed by atoms with Gasteiger partial charge in [0.25, 0.3) is 5.91 Å². The van der Waals surface area contributed by atoms with Crippen LogP contribution in [-0.4, -0.2) is 99.1 Å². The van der Waals surface area contributed by atoms with E-state index in [4.69, 9.17) is 9.47 Å². The van der Waals surface area contributed by atoms with E-state index in [1.165, 1.54) is 0 Å². The summed E-state index contributed by atoms with van der Waals surface area (Å²) in [5.74, 6) is 0.0585. The lowest BCUT2D eigenvalue weighted by Gasteiger charge is -2.36. The van der Waals surface area contributed by atoms with Crippen LogP contribution in [0.2, 0.25) is 0 Å². The molecule has 1 heterocycles. The molecule has 3 atom stereocenters. The monoisotopic (exact) mass is 462 g/mol. The highest BCUT2D eigenvalue weighted by Crippen LogP contribution is 2.26. The van der Waals surface area contributed by atoms with E-state index in [-0.39, 0.29) is 42.4 Å². The highest BCUT2D eigenvalue weighted by Gasteiger charge is 2.30. The molecule has 0 fully saturated rings. The molecular formula is C24H38N4O5. The van der Waals surface area contributed by atoms with Gasteiger partial charge in [0.2, 0.25) is 11.8 Å². The lowest BCUT2D eigenvalue weighted by molar-refractivity contribution is -0.136. The number of likely N-dealkylation sites (N-methyl/N-ethyl adjacent to an activating group) is 2. The number of nitrogens with zero attached hydrogens (tertiary/aromatic N) is 3. The van der Waals surface area contributed by atoms with E-state index in [1.54, 1.807) is 44.2 Å². The zero-order valence-electron chi connectivity index (χ0n) is 20.9. The van der Waals surface area contributed by atoms with Crippen molar-refractivity contribution >= 4 is 23.4 Å². The van der Waals surface area contributed by atoms with Crippen molar-refractivity contribution in [2.24, 2.45) is 5.92 Å². The number of anilines is 1. The molecular weight excluding hydrogens is 424 g/mol. The van der Waals surface area contributed by atoms with Crippen LogP contribution in [0.1, 0.15) is 37.6 Å². The minimum Gasteiger partial charge on any atom is -0.491 e. The molecule has 3 amide bonds. The molecule has 1 aromatic rings. The summed E-state index contributed by atoms with van der Waals surface area (Å²) in [5, 5.41) is 2.79. The first kappa shape index (κ1) is 26.6. The number of benzene rings is 1. The van der Waals surface area contributed by atoms with Gasteiger partial charge in [-0.05, 0) is 39.2 Å². The number of carbonyl (C=O) groups is 3. The highest BCUT2D eigenvalue weighted by atomic mass is 16.5. The first-order valence-corrected chi connectivity index (χ1v) is 11.4. The number of hydrogen-bond acceptors (Lipinski definition) is 6. The fourth-order valence-electron chi connectivity index (χ4n) is 3.81. The van der Waals surface area contributed by atoms with E-state index in [9.17, 15) is 14.4 Å². The minimum absolute atomic E-state index is 0.00659. The lowest BCUT2D eigenvalue weighted by Crippen LogP contribution is -2.50. The van der Waals surface area contributed by atoms with Crippen LogP contribution < -0.4 is 10.1 Å². The Hall–Kier alpha value is -2.65. The van der Waals surface area contributed by atoms with Crippen LogP contribution in [0.5, 0.6) is 5.75 Å². The Kier molecular flexibility index (Phi) is 9.67. The van der Waals surface area contributed by atoms with Gasteiger partial charge < -0.3 is 29.5 Å². The highest BCUT2D eigenvalue weighted by molar-refractivity contribution is 5.99. The fourth-order valence-corrected chi connectivity index (χ4v) is 3.81. The first-order valence-electron chi connectivity index (χ1n) is 11.4. The second kappa shape index (κ2) is 12.0. The molecule has 1 aliphatic heterocycles.